The zero-order valence-electron chi connectivity index (χ0n) is 11.3. The molecule has 0 aliphatic carbocycles. The molecule has 0 saturated heterocycles. The SMILES string of the molecule is COC(=O)/C=C/CN(C)CCOCCOCC(=O)O. The van der Waals surface area contributed by atoms with E-state index in [1.807, 2.05) is 11.9 Å². The molecule has 0 aromatic heterocycles. The van der Waals surface area contributed by atoms with Gasteiger partial charge in [0.25, 0.3) is 0 Å². The number of carboxylic acid groups (broad SMARTS) is 1. The molecule has 0 amide bonds. The fourth-order valence-electron chi connectivity index (χ4n) is 1.09. The summed E-state index contributed by atoms with van der Waals surface area (Å²) in [5.41, 5.74) is 0. The van der Waals surface area contributed by atoms with Crippen molar-refractivity contribution in [2.75, 3.05) is 53.7 Å². The number of methoxy groups -OCH3 is 1. The average molecular weight is 275 g/mol. The molecule has 19 heavy (non-hydrogen) atoms. The quantitative estimate of drug-likeness (QED) is 0.316. The number of nitrogens with zero attached hydrogens (tertiary/aromatic N) is 1. The van der Waals surface area contributed by atoms with Crippen molar-refractivity contribution in [2.45, 2.75) is 0 Å². The zero-order valence-corrected chi connectivity index (χ0v) is 11.3. The van der Waals surface area contributed by atoms with Gasteiger partial charge >= 0.3 is 11.9 Å². The summed E-state index contributed by atoms with van der Waals surface area (Å²) in [7, 11) is 3.22. The van der Waals surface area contributed by atoms with Crippen LogP contribution in [0.25, 0.3) is 0 Å². The highest BCUT2D eigenvalue weighted by Crippen LogP contribution is 1.87. The van der Waals surface area contributed by atoms with E-state index >= 15 is 0 Å². The number of carbonyl (C=O) groups excluding carboxylic acids is 1. The van der Waals surface area contributed by atoms with Crippen LogP contribution >= 0.6 is 0 Å². The molecule has 0 saturated carbocycles. The van der Waals surface area contributed by atoms with E-state index in [2.05, 4.69) is 4.74 Å². The Bertz CT molecular complexity index is 292. The molecule has 0 radical (unpaired) electrons. The summed E-state index contributed by atoms with van der Waals surface area (Å²) in [6, 6.07) is 0. The minimum Gasteiger partial charge on any atom is -0.480 e. The summed E-state index contributed by atoms with van der Waals surface area (Å²) in [5.74, 6) is -1.36. The molecule has 0 heterocycles. The maximum absolute atomic E-state index is 10.8. The molecule has 0 aliphatic heterocycles. The largest absolute Gasteiger partial charge is 0.480 e. The Morgan fingerprint density at radius 2 is 1.89 bits per heavy atom. The molecule has 1 N–H and O–H groups in total. The second-order valence-corrected chi connectivity index (χ2v) is 3.75. The third kappa shape index (κ3) is 12.8. The average Bonchev–Trinajstić information content (AvgIpc) is 2.37. The molecular weight excluding hydrogens is 254 g/mol. The molecule has 0 rings (SSSR count). The molecule has 0 bridgehead atoms. The number of hydrogen-bond acceptors (Lipinski definition) is 6. The fourth-order valence-corrected chi connectivity index (χ4v) is 1.09. The van der Waals surface area contributed by atoms with Crippen molar-refractivity contribution in [3.8, 4) is 0 Å². The third-order valence-corrected chi connectivity index (χ3v) is 2.09. The topological polar surface area (TPSA) is 85.3 Å². The standard InChI is InChI=1S/C12H21NO6/c1-13(5-3-4-12(16)17-2)6-7-18-8-9-19-10-11(14)15/h3-4H,5-10H2,1-2H3,(H,14,15)/b4-3+. The summed E-state index contributed by atoms with van der Waals surface area (Å²) < 4.78 is 14.5. The predicted molar refractivity (Wildman–Crippen MR) is 67.9 cm³/mol. The summed E-state index contributed by atoms with van der Waals surface area (Å²) in [5, 5.41) is 8.32. The van der Waals surface area contributed by atoms with Gasteiger partial charge in [0.1, 0.15) is 6.61 Å². The van der Waals surface area contributed by atoms with Gasteiger partial charge in [0.2, 0.25) is 0 Å². The Hall–Kier alpha value is -1.44. The van der Waals surface area contributed by atoms with E-state index < -0.39 is 5.97 Å². The van der Waals surface area contributed by atoms with Gasteiger partial charge in [0.05, 0.1) is 26.9 Å². The number of carbonyl (C=O) groups is 2. The molecule has 0 fully saturated rings. The monoisotopic (exact) mass is 275 g/mol. The van der Waals surface area contributed by atoms with Gasteiger partial charge in [-0.05, 0) is 7.05 Å². The minimum atomic E-state index is -0.989. The smallest absolute Gasteiger partial charge is 0.330 e. The van der Waals surface area contributed by atoms with Crippen molar-refractivity contribution in [2.24, 2.45) is 0 Å². The van der Waals surface area contributed by atoms with Gasteiger partial charge in [0, 0.05) is 19.2 Å². The molecule has 0 aromatic carbocycles. The van der Waals surface area contributed by atoms with Gasteiger partial charge in [0.15, 0.2) is 0 Å². The Balaban J connectivity index is 3.38. The van der Waals surface area contributed by atoms with E-state index in [0.29, 0.717) is 26.3 Å². The number of ether oxygens (including phenoxy) is 3. The number of hydrogen-bond donors (Lipinski definition) is 1. The summed E-state index contributed by atoms with van der Waals surface area (Å²) in [4.78, 5) is 22.9. The normalized spacial score (nSPS) is 11.1. The van der Waals surface area contributed by atoms with Crippen molar-refractivity contribution in [1.29, 1.82) is 0 Å². The van der Waals surface area contributed by atoms with Crippen LogP contribution < -0.4 is 0 Å². The Labute approximate surface area is 112 Å². The molecule has 0 aromatic rings. The van der Waals surface area contributed by atoms with Crippen LogP contribution in [0.5, 0.6) is 0 Å². The number of likely N-dealkylation sites (N-methyl/N-ethyl adjacent to an activating group) is 1. The van der Waals surface area contributed by atoms with Crippen molar-refractivity contribution >= 4 is 11.9 Å². The molecule has 7 nitrogen and oxygen atoms in total. The van der Waals surface area contributed by atoms with E-state index in [4.69, 9.17) is 14.6 Å². The van der Waals surface area contributed by atoms with Gasteiger partial charge < -0.3 is 24.2 Å². The maximum atomic E-state index is 10.8. The molecule has 110 valence electrons. The maximum Gasteiger partial charge on any atom is 0.330 e. The summed E-state index contributed by atoms with van der Waals surface area (Å²) >= 11 is 0. The Kier molecular flexibility index (Phi) is 10.8. The van der Waals surface area contributed by atoms with Crippen molar-refractivity contribution in [3.05, 3.63) is 12.2 Å². The van der Waals surface area contributed by atoms with E-state index in [1.54, 1.807) is 6.08 Å². The number of esters is 1. The van der Waals surface area contributed by atoms with Crippen LogP contribution in [0.15, 0.2) is 12.2 Å². The van der Waals surface area contributed by atoms with Crippen LogP contribution in [-0.4, -0.2) is 75.6 Å². The lowest BCUT2D eigenvalue weighted by Gasteiger charge is -2.14. The Morgan fingerprint density at radius 1 is 1.21 bits per heavy atom. The molecule has 0 unspecified atom stereocenters. The lowest BCUT2D eigenvalue weighted by molar-refractivity contribution is -0.142. The number of carboxylic acids is 1. The van der Waals surface area contributed by atoms with Crippen molar-refractivity contribution < 1.29 is 28.9 Å². The van der Waals surface area contributed by atoms with Gasteiger partial charge in [-0.1, -0.05) is 6.08 Å². The van der Waals surface area contributed by atoms with Crippen LogP contribution in [0.4, 0.5) is 0 Å². The molecule has 0 aliphatic rings. The van der Waals surface area contributed by atoms with Crippen molar-refractivity contribution in [3.63, 3.8) is 0 Å². The van der Waals surface area contributed by atoms with Gasteiger partial charge in [-0.15, -0.1) is 0 Å². The van der Waals surface area contributed by atoms with Crippen LogP contribution in [0.3, 0.4) is 0 Å². The molecular formula is C12H21NO6. The predicted octanol–water partition coefficient (Wildman–Crippen LogP) is -0.235. The third-order valence-electron chi connectivity index (χ3n) is 2.09. The highest BCUT2D eigenvalue weighted by atomic mass is 16.5. The van der Waals surface area contributed by atoms with Gasteiger partial charge in [-0.25, -0.2) is 9.59 Å². The summed E-state index contributed by atoms with van der Waals surface area (Å²) in [6.07, 6.45) is 3.08. The highest BCUT2D eigenvalue weighted by molar-refractivity contribution is 5.81. The second-order valence-electron chi connectivity index (χ2n) is 3.75. The van der Waals surface area contributed by atoms with E-state index in [-0.39, 0.29) is 19.2 Å². The van der Waals surface area contributed by atoms with Gasteiger partial charge in [-0.3, -0.25) is 0 Å². The van der Waals surface area contributed by atoms with Gasteiger partial charge in [-0.2, -0.15) is 0 Å². The van der Waals surface area contributed by atoms with Crippen LogP contribution in [0, 0.1) is 0 Å². The Morgan fingerprint density at radius 3 is 2.53 bits per heavy atom. The first kappa shape index (κ1) is 17.6. The molecule has 0 atom stereocenters. The lowest BCUT2D eigenvalue weighted by Crippen LogP contribution is -2.24. The first-order valence-electron chi connectivity index (χ1n) is 5.86. The minimum absolute atomic E-state index is 0.262. The lowest BCUT2D eigenvalue weighted by atomic mass is 10.4. The van der Waals surface area contributed by atoms with Crippen LogP contribution in [0.1, 0.15) is 0 Å². The van der Waals surface area contributed by atoms with Crippen LogP contribution in [-0.2, 0) is 23.8 Å². The number of rotatable bonds is 11. The van der Waals surface area contributed by atoms with Crippen LogP contribution in [0.2, 0.25) is 0 Å². The van der Waals surface area contributed by atoms with Crippen molar-refractivity contribution in [1.82, 2.24) is 4.90 Å². The first-order chi connectivity index (χ1) is 9.06. The zero-order chi connectivity index (χ0) is 14.5. The number of aliphatic carboxylic acids is 1. The first-order valence-corrected chi connectivity index (χ1v) is 5.86. The highest BCUT2D eigenvalue weighted by Gasteiger charge is 1.98. The van der Waals surface area contributed by atoms with E-state index in [9.17, 15) is 9.59 Å². The fraction of sp³-hybridized carbons (Fsp3) is 0.667. The second kappa shape index (κ2) is 11.6. The van der Waals surface area contributed by atoms with E-state index in [1.165, 1.54) is 13.2 Å². The molecule has 0 spiro atoms. The summed E-state index contributed by atoms with van der Waals surface area (Å²) in [6.45, 7) is 2.15. The molecule has 7 heteroatoms. The van der Waals surface area contributed by atoms with E-state index in [0.717, 1.165) is 0 Å².